The molecule has 0 aliphatic heterocycles. The Bertz CT molecular complexity index is 1060. The second-order valence-electron chi connectivity index (χ2n) is 6.43. The summed E-state index contributed by atoms with van der Waals surface area (Å²) in [6, 6.07) is 11.0. The standard InChI is InChI=1S/C22H22N2O4/c1-5-28-22(26)17-12-23-19-9-7-15(21(25)27-4)11-16(19)20(17)24-18-8-6-13(2)10-14(18)3/h6-12H,5H2,1-4H3,(H,23,24). The van der Waals surface area contributed by atoms with Crippen molar-refractivity contribution in [1.29, 1.82) is 0 Å². The maximum Gasteiger partial charge on any atom is 0.341 e. The Morgan fingerprint density at radius 3 is 2.54 bits per heavy atom. The molecule has 0 aliphatic carbocycles. The molecule has 3 aromatic rings. The monoisotopic (exact) mass is 378 g/mol. The topological polar surface area (TPSA) is 77.5 Å². The third-order valence-corrected chi connectivity index (χ3v) is 4.43. The van der Waals surface area contributed by atoms with Gasteiger partial charge in [0.25, 0.3) is 0 Å². The molecule has 1 aromatic heterocycles. The molecule has 28 heavy (non-hydrogen) atoms. The number of rotatable bonds is 5. The fraction of sp³-hybridized carbons (Fsp3) is 0.227. The molecule has 0 saturated carbocycles. The number of ether oxygens (including phenoxy) is 2. The normalized spacial score (nSPS) is 10.6. The quantitative estimate of drug-likeness (QED) is 0.656. The zero-order valence-corrected chi connectivity index (χ0v) is 16.3. The molecule has 2 aromatic carbocycles. The first-order valence-corrected chi connectivity index (χ1v) is 8.97. The molecule has 6 nitrogen and oxygen atoms in total. The summed E-state index contributed by atoms with van der Waals surface area (Å²) in [6.45, 7) is 6.01. The van der Waals surface area contributed by atoms with E-state index in [1.165, 1.54) is 13.3 Å². The molecule has 6 heteroatoms. The number of fused-ring (bicyclic) bond motifs is 1. The fourth-order valence-electron chi connectivity index (χ4n) is 3.02. The average Bonchev–Trinajstić information content (AvgIpc) is 2.69. The smallest absolute Gasteiger partial charge is 0.341 e. The molecule has 0 fully saturated rings. The summed E-state index contributed by atoms with van der Waals surface area (Å²) in [5, 5.41) is 3.97. The van der Waals surface area contributed by atoms with Crippen molar-refractivity contribution in [3.8, 4) is 0 Å². The molecular weight excluding hydrogens is 356 g/mol. The molecule has 3 rings (SSSR count). The minimum atomic E-state index is -0.479. The summed E-state index contributed by atoms with van der Waals surface area (Å²) in [5.74, 6) is -0.937. The van der Waals surface area contributed by atoms with Crippen molar-refractivity contribution in [2.75, 3.05) is 19.0 Å². The van der Waals surface area contributed by atoms with Crippen molar-refractivity contribution in [2.24, 2.45) is 0 Å². The van der Waals surface area contributed by atoms with Crippen molar-refractivity contribution in [2.45, 2.75) is 20.8 Å². The van der Waals surface area contributed by atoms with E-state index in [1.54, 1.807) is 25.1 Å². The van der Waals surface area contributed by atoms with Gasteiger partial charge >= 0.3 is 11.9 Å². The number of nitrogens with zero attached hydrogens (tertiary/aromatic N) is 1. The second-order valence-corrected chi connectivity index (χ2v) is 6.43. The summed E-state index contributed by atoms with van der Waals surface area (Å²) in [5.41, 5.74) is 4.89. The van der Waals surface area contributed by atoms with Crippen LogP contribution in [0, 0.1) is 13.8 Å². The molecule has 0 aliphatic rings. The number of aromatic nitrogens is 1. The number of hydrogen-bond donors (Lipinski definition) is 1. The van der Waals surface area contributed by atoms with Crippen LogP contribution in [0.4, 0.5) is 11.4 Å². The van der Waals surface area contributed by atoms with E-state index >= 15 is 0 Å². The van der Waals surface area contributed by atoms with E-state index in [4.69, 9.17) is 9.47 Å². The van der Waals surface area contributed by atoms with E-state index < -0.39 is 11.9 Å². The predicted molar refractivity (Wildman–Crippen MR) is 108 cm³/mol. The van der Waals surface area contributed by atoms with Crippen LogP contribution in [0.1, 0.15) is 38.8 Å². The van der Waals surface area contributed by atoms with Crippen LogP contribution in [0.3, 0.4) is 0 Å². The highest BCUT2D eigenvalue weighted by molar-refractivity contribution is 6.07. The number of nitrogens with one attached hydrogen (secondary N) is 1. The highest BCUT2D eigenvalue weighted by atomic mass is 16.5. The van der Waals surface area contributed by atoms with Gasteiger partial charge in [0.2, 0.25) is 0 Å². The number of carbonyl (C=O) groups excluding carboxylic acids is 2. The molecule has 0 spiro atoms. The molecule has 0 amide bonds. The largest absolute Gasteiger partial charge is 0.465 e. The molecule has 144 valence electrons. The lowest BCUT2D eigenvalue weighted by Gasteiger charge is -2.16. The van der Waals surface area contributed by atoms with Crippen molar-refractivity contribution >= 4 is 34.2 Å². The summed E-state index contributed by atoms with van der Waals surface area (Å²) < 4.78 is 10.0. The van der Waals surface area contributed by atoms with Gasteiger partial charge in [0.05, 0.1) is 30.5 Å². The number of carbonyl (C=O) groups is 2. The Hall–Kier alpha value is -3.41. The summed E-state index contributed by atoms with van der Waals surface area (Å²) in [4.78, 5) is 28.9. The van der Waals surface area contributed by atoms with E-state index in [2.05, 4.69) is 16.4 Å². The van der Waals surface area contributed by atoms with Gasteiger partial charge in [-0.2, -0.15) is 0 Å². The van der Waals surface area contributed by atoms with Crippen LogP contribution in [0.2, 0.25) is 0 Å². The molecule has 0 bridgehead atoms. The molecule has 0 radical (unpaired) electrons. The minimum Gasteiger partial charge on any atom is -0.465 e. The predicted octanol–water partition coefficient (Wildman–Crippen LogP) is 4.56. The average molecular weight is 378 g/mol. The molecule has 1 N–H and O–H groups in total. The lowest BCUT2D eigenvalue weighted by Crippen LogP contribution is -2.10. The first-order valence-electron chi connectivity index (χ1n) is 8.97. The number of esters is 2. The summed E-state index contributed by atoms with van der Waals surface area (Å²) in [7, 11) is 1.33. The maximum absolute atomic E-state index is 12.5. The Labute approximate surface area is 163 Å². The van der Waals surface area contributed by atoms with E-state index in [1.807, 2.05) is 26.0 Å². The van der Waals surface area contributed by atoms with E-state index in [-0.39, 0.29) is 6.61 Å². The van der Waals surface area contributed by atoms with Crippen LogP contribution in [0.25, 0.3) is 10.9 Å². The van der Waals surface area contributed by atoms with Gasteiger partial charge in [-0.1, -0.05) is 17.7 Å². The molecular formula is C22H22N2O4. The number of pyridine rings is 1. The van der Waals surface area contributed by atoms with Crippen molar-refractivity contribution in [3.05, 3.63) is 64.8 Å². The molecule has 0 saturated heterocycles. The Morgan fingerprint density at radius 1 is 1.07 bits per heavy atom. The summed E-state index contributed by atoms with van der Waals surface area (Å²) in [6.07, 6.45) is 1.49. The zero-order valence-electron chi connectivity index (χ0n) is 16.3. The van der Waals surface area contributed by atoms with Gasteiger partial charge in [0, 0.05) is 17.3 Å². The van der Waals surface area contributed by atoms with Crippen molar-refractivity contribution in [1.82, 2.24) is 4.98 Å². The third-order valence-electron chi connectivity index (χ3n) is 4.43. The molecule has 1 heterocycles. The first-order chi connectivity index (χ1) is 13.4. The van der Waals surface area contributed by atoms with Gasteiger partial charge in [-0.05, 0) is 50.6 Å². The number of benzene rings is 2. The van der Waals surface area contributed by atoms with Crippen molar-refractivity contribution in [3.63, 3.8) is 0 Å². The first kappa shape index (κ1) is 19.4. The fourth-order valence-corrected chi connectivity index (χ4v) is 3.02. The van der Waals surface area contributed by atoms with Crippen molar-refractivity contribution < 1.29 is 19.1 Å². The zero-order chi connectivity index (χ0) is 20.3. The summed E-state index contributed by atoms with van der Waals surface area (Å²) >= 11 is 0. The third kappa shape index (κ3) is 3.81. The van der Waals surface area contributed by atoms with Crippen LogP contribution < -0.4 is 5.32 Å². The molecule has 0 unspecified atom stereocenters. The van der Waals surface area contributed by atoms with E-state index in [0.717, 1.165) is 16.8 Å². The van der Waals surface area contributed by atoms with Crippen LogP contribution in [0.15, 0.2) is 42.6 Å². The number of anilines is 2. The Morgan fingerprint density at radius 2 is 1.86 bits per heavy atom. The van der Waals surface area contributed by atoms with E-state index in [9.17, 15) is 9.59 Å². The van der Waals surface area contributed by atoms with Crippen LogP contribution in [0.5, 0.6) is 0 Å². The minimum absolute atomic E-state index is 0.252. The highest BCUT2D eigenvalue weighted by Gasteiger charge is 2.19. The number of hydrogen-bond acceptors (Lipinski definition) is 6. The molecule has 0 atom stereocenters. The Balaban J connectivity index is 2.22. The van der Waals surface area contributed by atoms with Crippen LogP contribution >= 0.6 is 0 Å². The Kier molecular flexibility index (Phi) is 5.59. The van der Waals surface area contributed by atoms with Gasteiger partial charge in [-0.3, -0.25) is 4.98 Å². The van der Waals surface area contributed by atoms with E-state index in [0.29, 0.717) is 27.7 Å². The van der Waals surface area contributed by atoms with Gasteiger partial charge in [-0.15, -0.1) is 0 Å². The van der Waals surface area contributed by atoms with Gasteiger partial charge in [0.15, 0.2) is 0 Å². The number of methoxy groups -OCH3 is 1. The highest BCUT2D eigenvalue weighted by Crippen LogP contribution is 2.32. The lowest BCUT2D eigenvalue weighted by atomic mass is 10.0. The van der Waals surface area contributed by atoms with Gasteiger partial charge in [-0.25, -0.2) is 9.59 Å². The lowest BCUT2D eigenvalue weighted by molar-refractivity contribution is 0.0526. The second kappa shape index (κ2) is 8.08. The number of aryl methyl sites for hydroxylation is 2. The van der Waals surface area contributed by atoms with Gasteiger partial charge < -0.3 is 14.8 Å². The van der Waals surface area contributed by atoms with Crippen LogP contribution in [-0.4, -0.2) is 30.6 Å². The maximum atomic E-state index is 12.5. The SMILES string of the molecule is CCOC(=O)c1cnc2ccc(C(=O)OC)cc2c1Nc1ccc(C)cc1C. The van der Waals surface area contributed by atoms with Crippen LogP contribution in [-0.2, 0) is 9.47 Å². The van der Waals surface area contributed by atoms with Gasteiger partial charge in [0.1, 0.15) is 5.56 Å².